The summed E-state index contributed by atoms with van der Waals surface area (Å²) >= 11 is 0. The molecular formula is C18H19N3. The van der Waals surface area contributed by atoms with Gasteiger partial charge in [-0.2, -0.15) is 0 Å². The quantitative estimate of drug-likeness (QED) is 0.777. The van der Waals surface area contributed by atoms with Crippen molar-refractivity contribution in [1.29, 1.82) is 0 Å². The van der Waals surface area contributed by atoms with Crippen LogP contribution in [0.4, 0.5) is 0 Å². The molecule has 0 spiro atoms. The normalized spacial score (nSPS) is 10.9. The molecule has 2 aromatic heterocycles. The maximum atomic E-state index is 4.42. The van der Waals surface area contributed by atoms with Crippen molar-refractivity contribution in [2.45, 2.75) is 19.9 Å². The lowest BCUT2D eigenvalue weighted by atomic mass is 10.0. The summed E-state index contributed by atoms with van der Waals surface area (Å²) in [5.74, 6) is 0. The Bertz CT molecular complexity index is 732. The Balaban J connectivity index is 1.88. The van der Waals surface area contributed by atoms with E-state index < -0.39 is 0 Å². The first-order valence-electron chi connectivity index (χ1n) is 7.33. The molecule has 0 amide bonds. The van der Waals surface area contributed by atoms with Crippen molar-refractivity contribution in [3.8, 4) is 0 Å². The van der Waals surface area contributed by atoms with Crippen LogP contribution in [0.5, 0.6) is 0 Å². The van der Waals surface area contributed by atoms with Gasteiger partial charge in [0.2, 0.25) is 0 Å². The smallest absolute Gasteiger partial charge is 0.0704 e. The van der Waals surface area contributed by atoms with Crippen LogP contribution < -0.4 is 5.32 Å². The lowest BCUT2D eigenvalue weighted by molar-refractivity contribution is 0.723. The number of hydrogen-bond donors (Lipinski definition) is 1. The first-order valence-corrected chi connectivity index (χ1v) is 7.33. The van der Waals surface area contributed by atoms with Crippen LogP contribution in [-0.4, -0.2) is 16.5 Å². The Hall–Kier alpha value is -2.26. The van der Waals surface area contributed by atoms with Gasteiger partial charge in [0.1, 0.15) is 0 Å². The summed E-state index contributed by atoms with van der Waals surface area (Å²) in [6.07, 6.45) is 6.64. The molecule has 0 aliphatic carbocycles. The van der Waals surface area contributed by atoms with Gasteiger partial charge in [-0.25, -0.2) is 0 Å². The van der Waals surface area contributed by atoms with Gasteiger partial charge in [-0.05, 0) is 41.8 Å². The van der Waals surface area contributed by atoms with Gasteiger partial charge in [0, 0.05) is 30.5 Å². The van der Waals surface area contributed by atoms with Crippen LogP contribution in [0.1, 0.15) is 23.6 Å². The van der Waals surface area contributed by atoms with Crippen LogP contribution >= 0.6 is 0 Å². The highest BCUT2D eigenvalue weighted by molar-refractivity contribution is 5.82. The highest BCUT2D eigenvalue weighted by Crippen LogP contribution is 2.19. The Kier molecular flexibility index (Phi) is 4.22. The molecule has 106 valence electrons. The van der Waals surface area contributed by atoms with Crippen molar-refractivity contribution >= 4 is 10.9 Å². The minimum atomic E-state index is 0.869. The van der Waals surface area contributed by atoms with Gasteiger partial charge in [0.15, 0.2) is 0 Å². The summed E-state index contributed by atoms with van der Waals surface area (Å²) < 4.78 is 0. The second-order valence-corrected chi connectivity index (χ2v) is 5.15. The van der Waals surface area contributed by atoms with Crippen molar-refractivity contribution in [3.05, 3.63) is 71.7 Å². The van der Waals surface area contributed by atoms with Crippen molar-refractivity contribution in [1.82, 2.24) is 15.3 Å². The van der Waals surface area contributed by atoms with E-state index in [4.69, 9.17) is 0 Å². The van der Waals surface area contributed by atoms with Crippen molar-refractivity contribution < 1.29 is 0 Å². The SMILES string of the molecule is CCNCc1cncc(Cc2ccnc3ccccc23)c1. The van der Waals surface area contributed by atoms with Crippen molar-refractivity contribution in [2.24, 2.45) is 0 Å². The topological polar surface area (TPSA) is 37.8 Å². The summed E-state index contributed by atoms with van der Waals surface area (Å²) in [5.41, 5.74) is 4.81. The Morgan fingerprint density at radius 2 is 1.90 bits per heavy atom. The number of rotatable bonds is 5. The monoisotopic (exact) mass is 277 g/mol. The molecule has 0 radical (unpaired) electrons. The van der Waals surface area contributed by atoms with E-state index in [-0.39, 0.29) is 0 Å². The van der Waals surface area contributed by atoms with Gasteiger partial charge < -0.3 is 5.32 Å². The highest BCUT2D eigenvalue weighted by atomic mass is 14.8. The maximum absolute atomic E-state index is 4.42. The number of para-hydroxylation sites is 1. The average Bonchev–Trinajstić information content (AvgIpc) is 2.54. The maximum Gasteiger partial charge on any atom is 0.0704 e. The van der Waals surface area contributed by atoms with Crippen LogP contribution in [0.15, 0.2) is 55.0 Å². The molecule has 3 rings (SSSR count). The molecule has 3 aromatic rings. The van der Waals surface area contributed by atoms with E-state index in [0.29, 0.717) is 0 Å². The van der Waals surface area contributed by atoms with Gasteiger partial charge in [-0.3, -0.25) is 9.97 Å². The van der Waals surface area contributed by atoms with E-state index in [2.05, 4.69) is 52.5 Å². The summed E-state index contributed by atoms with van der Waals surface area (Å²) in [5, 5.41) is 4.55. The first-order chi connectivity index (χ1) is 10.4. The van der Waals surface area contributed by atoms with E-state index in [9.17, 15) is 0 Å². The molecule has 0 saturated heterocycles. The van der Waals surface area contributed by atoms with Crippen LogP contribution in [0.2, 0.25) is 0 Å². The predicted octanol–water partition coefficient (Wildman–Crippen LogP) is 3.33. The Morgan fingerprint density at radius 1 is 1.05 bits per heavy atom. The van der Waals surface area contributed by atoms with E-state index in [1.165, 1.54) is 22.1 Å². The number of fused-ring (bicyclic) bond motifs is 1. The molecule has 3 heteroatoms. The van der Waals surface area contributed by atoms with E-state index >= 15 is 0 Å². The third kappa shape index (κ3) is 3.26. The number of nitrogens with zero attached hydrogens (tertiary/aromatic N) is 2. The third-order valence-electron chi connectivity index (χ3n) is 3.56. The van der Waals surface area contributed by atoms with E-state index in [1.54, 1.807) is 0 Å². The highest BCUT2D eigenvalue weighted by Gasteiger charge is 2.04. The molecule has 0 aliphatic heterocycles. The molecule has 1 N–H and O–H groups in total. The minimum absolute atomic E-state index is 0.869. The molecule has 3 nitrogen and oxygen atoms in total. The number of nitrogens with one attached hydrogen (secondary N) is 1. The summed E-state index contributed by atoms with van der Waals surface area (Å²) in [4.78, 5) is 8.77. The van der Waals surface area contributed by atoms with Gasteiger partial charge in [-0.15, -0.1) is 0 Å². The van der Waals surface area contributed by atoms with E-state index in [1.807, 2.05) is 24.7 Å². The zero-order valence-electron chi connectivity index (χ0n) is 12.2. The molecule has 0 bridgehead atoms. The average molecular weight is 277 g/mol. The number of aromatic nitrogens is 2. The second-order valence-electron chi connectivity index (χ2n) is 5.15. The molecule has 0 aliphatic rings. The van der Waals surface area contributed by atoms with Gasteiger partial charge in [-0.1, -0.05) is 31.2 Å². The first kappa shape index (κ1) is 13.7. The Labute approximate surface area is 125 Å². The summed E-state index contributed by atoms with van der Waals surface area (Å²) in [6, 6.07) is 12.6. The van der Waals surface area contributed by atoms with Gasteiger partial charge in [0.05, 0.1) is 5.52 Å². The van der Waals surface area contributed by atoms with Crippen LogP contribution in [-0.2, 0) is 13.0 Å². The van der Waals surface area contributed by atoms with Crippen LogP contribution in [0.25, 0.3) is 10.9 Å². The zero-order chi connectivity index (χ0) is 14.5. The molecular weight excluding hydrogens is 258 g/mol. The molecule has 21 heavy (non-hydrogen) atoms. The largest absolute Gasteiger partial charge is 0.313 e. The van der Waals surface area contributed by atoms with Crippen LogP contribution in [0.3, 0.4) is 0 Å². The molecule has 0 unspecified atom stereocenters. The van der Waals surface area contributed by atoms with Gasteiger partial charge in [0.25, 0.3) is 0 Å². The standard InChI is InChI=1S/C18H19N3/c1-2-19-12-15-9-14(11-20-13-15)10-16-7-8-21-18-6-4-3-5-17(16)18/h3-9,11,13,19H,2,10,12H2,1H3. The number of hydrogen-bond acceptors (Lipinski definition) is 3. The lowest BCUT2D eigenvalue weighted by Crippen LogP contribution is -2.12. The minimum Gasteiger partial charge on any atom is -0.313 e. The fraction of sp³-hybridized carbons (Fsp3) is 0.222. The summed E-state index contributed by atoms with van der Waals surface area (Å²) in [6.45, 7) is 3.95. The number of pyridine rings is 2. The van der Waals surface area contributed by atoms with Crippen molar-refractivity contribution in [2.75, 3.05) is 6.54 Å². The van der Waals surface area contributed by atoms with Crippen molar-refractivity contribution in [3.63, 3.8) is 0 Å². The molecule has 0 atom stereocenters. The lowest BCUT2D eigenvalue weighted by Gasteiger charge is -2.08. The summed E-state index contributed by atoms with van der Waals surface area (Å²) in [7, 11) is 0. The fourth-order valence-corrected chi connectivity index (χ4v) is 2.53. The molecule has 2 heterocycles. The van der Waals surface area contributed by atoms with E-state index in [0.717, 1.165) is 25.0 Å². The second kappa shape index (κ2) is 6.46. The third-order valence-corrected chi connectivity index (χ3v) is 3.56. The number of benzene rings is 1. The molecule has 1 aromatic carbocycles. The van der Waals surface area contributed by atoms with Gasteiger partial charge >= 0.3 is 0 Å². The van der Waals surface area contributed by atoms with Crippen LogP contribution in [0, 0.1) is 0 Å². The molecule has 0 fully saturated rings. The zero-order valence-corrected chi connectivity index (χ0v) is 12.2. The predicted molar refractivity (Wildman–Crippen MR) is 86.2 cm³/mol. The molecule has 0 saturated carbocycles. The Morgan fingerprint density at radius 3 is 2.81 bits per heavy atom. The fourth-order valence-electron chi connectivity index (χ4n) is 2.53.